The lowest BCUT2D eigenvalue weighted by Gasteiger charge is -2.31. The van der Waals surface area contributed by atoms with Crippen LogP contribution in [0.5, 0.6) is 0 Å². The number of nitrogens with zero attached hydrogens (tertiary/aromatic N) is 5. The predicted octanol–water partition coefficient (Wildman–Crippen LogP) is 0.125. The molecule has 0 N–H and O–H groups in total. The first-order valence-corrected chi connectivity index (χ1v) is 9.62. The SMILES string of the molecule is CCn1nnc2c1C(COCCN(C)C)CN(S(=O)(=O)CC)C2. The lowest BCUT2D eigenvalue weighted by atomic mass is 10.0. The van der Waals surface area contributed by atoms with Gasteiger partial charge in [-0.1, -0.05) is 5.21 Å². The van der Waals surface area contributed by atoms with E-state index in [1.165, 1.54) is 4.31 Å². The largest absolute Gasteiger partial charge is 0.379 e. The van der Waals surface area contributed by atoms with Crippen molar-refractivity contribution in [1.29, 1.82) is 0 Å². The third-order valence-corrected chi connectivity index (χ3v) is 5.84. The van der Waals surface area contributed by atoms with Crippen LogP contribution in [0.15, 0.2) is 0 Å². The molecule has 1 aromatic rings. The molecule has 0 aromatic carbocycles. The molecule has 1 unspecified atom stereocenters. The molecule has 0 saturated carbocycles. The van der Waals surface area contributed by atoms with Gasteiger partial charge in [-0.2, -0.15) is 4.31 Å². The van der Waals surface area contributed by atoms with Gasteiger partial charge in [-0.25, -0.2) is 13.1 Å². The molecule has 23 heavy (non-hydrogen) atoms. The Hall–Kier alpha value is -1.03. The summed E-state index contributed by atoms with van der Waals surface area (Å²) >= 11 is 0. The molecular formula is C14H27N5O3S. The molecule has 8 nitrogen and oxygen atoms in total. The van der Waals surface area contributed by atoms with E-state index in [0.717, 1.165) is 24.5 Å². The summed E-state index contributed by atoms with van der Waals surface area (Å²) < 4.78 is 33.6. The minimum Gasteiger partial charge on any atom is -0.379 e. The first-order chi connectivity index (χ1) is 10.9. The van der Waals surface area contributed by atoms with Crippen LogP contribution in [0.25, 0.3) is 0 Å². The van der Waals surface area contributed by atoms with E-state index in [-0.39, 0.29) is 11.7 Å². The van der Waals surface area contributed by atoms with Gasteiger partial charge in [0.25, 0.3) is 0 Å². The molecule has 1 aromatic heterocycles. The Balaban J connectivity index is 2.16. The fourth-order valence-electron chi connectivity index (χ4n) is 2.71. The zero-order valence-electron chi connectivity index (χ0n) is 14.4. The van der Waals surface area contributed by atoms with Gasteiger partial charge in [0.05, 0.1) is 31.2 Å². The Morgan fingerprint density at radius 3 is 2.70 bits per heavy atom. The first-order valence-electron chi connectivity index (χ1n) is 8.01. The summed E-state index contributed by atoms with van der Waals surface area (Å²) in [7, 11) is 0.742. The molecule has 0 spiro atoms. The van der Waals surface area contributed by atoms with Crippen molar-refractivity contribution >= 4 is 10.0 Å². The molecule has 2 heterocycles. The average molecular weight is 345 g/mol. The molecule has 9 heteroatoms. The molecule has 0 aliphatic carbocycles. The van der Waals surface area contributed by atoms with Crippen molar-refractivity contribution in [2.24, 2.45) is 0 Å². The quantitative estimate of drug-likeness (QED) is 0.623. The third kappa shape index (κ3) is 4.28. The van der Waals surface area contributed by atoms with Crippen molar-refractivity contribution in [3.05, 3.63) is 11.4 Å². The summed E-state index contributed by atoms with van der Waals surface area (Å²) in [5, 5.41) is 8.32. The highest BCUT2D eigenvalue weighted by atomic mass is 32.2. The van der Waals surface area contributed by atoms with Crippen LogP contribution in [-0.4, -0.2) is 78.8 Å². The monoisotopic (exact) mass is 345 g/mol. The number of aromatic nitrogens is 3. The van der Waals surface area contributed by atoms with Crippen molar-refractivity contribution in [3.8, 4) is 0 Å². The summed E-state index contributed by atoms with van der Waals surface area (Å²) in [6.07, 6.45) is 0. The van der Waals surface area contributed by atoms with E-state index in [1.807, 2.05) is 25.7 Å². The van der Waals surface area contributed by atoms with Crippen molar-refractivity contribution in [3.63, 3.8) is 0 Å². The minimum atomic E-state index is -3.25. The molecule has 0 saturated heterocycles. The number of fused-ring (bicyclic) bond motifs is 1. The van der Waals surface area contributed by atoms with Gasteiger partial charge >= 0.3 is 0 Å². The summed E-state index contributed by atoms with van der Waals surface area (Å²) in [5.74, 6) is 0.0653. The summed E-state index contributed by atoms with van der Waals surface area (Å²) in [5.41, 5.74) is 1.76. The fourth-order valence-corrected chi connectivity index (χ4v) is 3.80. The molecule has 1 aliphatic rings. The van der Waals surface area contributed by atoms with Gasteiger partial charge in [0, 0.05) is 25.6 Å². The maximum absolute atomic E-state index is 12.2. The van der Waals surface area contributed by atoms with Gasteiger partial charge in [-0.05, 0) is 27.9 Å². The minimum absolute atomic E-state index is 0.0304. The van der Waals surface area contributed by atoms with Gasteiger partial charge < -0.3 is 9.64 Å². The van der Waals surface area contributed by atoms with E-state index >= 15 is 0 Å². The highest BCUT2D eigenvalue weighted by Gasteiger charge is 2.35. The smallest absolute Gasteiger partial charge is 0.214 e. The lowest BCUT2D eigenvalue weighted by molar-refractivity contribution is 0.0950. The number of rotatable bonds is 8. The van der Waals surface area contributed by atoms with Gasteiger partial charge in [0.15, 0.2) is 0 Å². The Labute approximate surface area is 138 Å². The molecule has 132 valence electrons. The highest BCUT2D eigenvalue weighted by molar-refractivity contribution is 7.89. The zero-order chi connectivity index (χ0) is 17.0. The zero-order valence-corrected chi connectivity index (χ0v) is 15.2. The Bertz CT molecular complexity index is 614. The first kappa shape index (κ1) is 18.3. The van der Waals surface area contributed by atoms with Crippen molar-refractivity contribution in [2.75, 3.05) is 46.2 Å². The number of hydrogen-bond acceptors (Lipinski definition) is 6. The second-order valence-corrected chi connectivity index (χ2v) is 8.26. The van der Waals surface area contributed by atoms with Gasteiger partial charge in [-0.15, -0.1) is 5.10 Å². The summed E-state index contributed by atoms with van der Waals surface area (Å²) in [4.78, 5) is 2.05. The average Bonchev–Trinajstić information content (AvgIpc) is 2.94. The van der Waals surface area contributed by atoms with E-state index in [4.69, 9.17) is 4.74 Å². The normalized spacial score (nSPS) is 19.3. The molecule has 2 rings (SSSR count). The highest BCUT2D eigenvalue weighted by Crippen LogP contribution is 2.29. The molecule has 0 amide bonds. The maximum atomic E-state index is 12.2. The number of hydrogen-bond donors (Lipinski definition) is 0. The maximum Gasteiger partial charge on any atom is 0.214 e. The van der Waals surface area contributed by atoms with Crippen LogP contribution in [0.1, 0.15) is 31.2 Å². The third-order valence-electron chi connectivity index (χ3n) is 4.04. The second-order valence-electron chi connectivity index (χ2n) is 6.01. The van der Waals surface area contributed by atoms with Gasteiger partial charge in [0.2, 0.25) is 10.0 Å². The van der Waals surface area contributed by atoms with Gasteiger partial charge in [-0.3, -0.25) is 0 Å². The van der Waals surface area contributed by atoms with Crippen LogP contribution in [0, 0.1) is 0 Å². The molecule has 1 aliphatic heterocycles. The fraction of sp³-hybridized carbons (Fsp3) is 0.857. The van der Waals surface area contributed by atoms with E-state index in [1.54, 1.807) is 6.92 Å². The standard InChI is InChI=1S/C14H27N5O3S/c1-5-19-14-12(11-22-8-7-17(3)4)9-18(23(20,21)6-2)10-13(14)15-16-19/h12H,5-11H2,1-4H3. The van der Waals surface area contributed by atoms with Crippen LogP contribution in [-0.2, 0) is 27.8 Å². The predicted molar refractivity (Wildman–Crippen MR) is 87.7 cm³/mol. The van der Waals surface area contributed by atoms with Crippen molar-refractivity contribution < 1.29 is 13.2 Å². The molecule has 0 fully saturated rings. The number of likely N-dealkylation sites (N-methyl/N-ethyl adjacent to an activating group) is 1. The van der Waals surface area contributed by atoms with E-state index in [9.17, 15) is 8.42 Å². The van der Waals surface area contributed by atoms with E-state index < -0.39 is 10.0 Å². The lowest BCUT2D eigenvalue weighted by Crippen LogP contribution is -2.41. The topological polar surface area (TPSA) is 80.6 Å². The van der Waals surface area contributed by atoms with E-state index in [2.05, 4.69) is 15.2 Å². The number of aryl methyl sites for hydroxylation is 1. The number of sulfonamides is 1. The van der Waals surface area contributed by atoms with Crippen molar-refractivity contribution in [1.82, 2.24) is 24.2 Å². The van der Waals surface area contributed by atoms with Crippen LogP contribution in [0.4, 0.5) is 0 Å². The van der Waals surface area contributed by atoms with E-state index in [0.29, 0.717) is 26.3 Å². The summed E-state index contributed by atoms with van der Waals surface area (Å²) in [6.45, 7) is 7.05. The Morgan fingerprint density at radius 2 is 2.09 bits per heavy atom. The van der Waals surface area contributed by atoms with Gasteiger partial charge in [0.1, 0.15) is 5.69 Å². The molecule has 0 bridgehead atoms. The van der Waals surface area contributed by atoms with Crippen LogP contribution in [0.3, 0.4) is 0 Å². The Kier molecular flexibility index (Phi) is 6.12. The second kappa shape index (κ2) is 7.69. The Morgan fingerprint density at radius 1 is 1.35 bits per heavy atom. The molecular weight excluding hydrogens is 318 g/mol. The van der Waals surface area contributed by atoms with Crippen LogP contribution >= 0.6 is 0 Å². The van der Waals surface area contributed by atoms with Crippen molar-refractivity contribution in [2.45, 2.75) is 32.9 Å². The summed E-state index contributed by atoms with van der Waals surface area (Å²) in [6, 6.07) is 0. The van der Waals surface area contributed by atoms with Crippen LogP contribution < -0.4 is 0 Å². The molecule has 0 radical (unpaired) electrons. The number of ether oxygens (including phenoxy) is 1. The molecule has 1 atom stereocenters. The van der Waals surface area contributed by atoms with Crippen LogP contribution in [0.2, 0.25) is 0 Å².